The smallest absolute Gasteiger partial charge is 0.0110 e. The Morgan fingerprint density at radius 3 is 2.33 bits per heavy atom. The van der Waals surface area contributed by atoms with Crippen molar-refractivity contribution >= 4 is 0 Å². The zero-order valence-corrected chi connectivity index (χ0v) is 11.7. The van der Waals surface area contributed by atoms with E-state index in [4.69, 9.17) is 0 Å². The lowest BCUT2D eigenvalue weighted by atomic mass is 9.96. The summed E-state index contributed by atoms with van der Waals surface area (Å²) in [6.45, 7) is 10.5. The van der Waals surface area contributed by atoms with Gasteiger partial charge in [0.15, 0.2) is 0 Å². The number of rotatable bonds is 5. The number of piperidine rings is 1. The Hall–Kier alpha value is -0.120. The fourth-order valence-electron chi connectivity index (χ4n) is 3.40. The van der Waals surface area contributed by atoms with Gasteiger partial charge in [-0.15, -0.1) is 0 Å². The molecule has 2 saturated heterocycles. The van der Waals surface area contributed by atoms with Crippen molar-refractivity contribution in [2.75, 3.05) is 52.4 Å². The summed E-state index contributed by atoms with van der Waals surface area (Å²) in [5.41, 5.74) is 0. The van der Waals surface area contributed by atoms with Crippen LogP contribution in [0.1, 0.15) is 32.1 Å². The summed E-state index contributed by atoms with van der Waals surface area (Å²) < 4.78 is 0. The molecule has 0 amide bonds. The molecular formula is C15H29N3. The van der Waals surface area contributed by atoms with Gasteiger partial charge in [0, 0.05) is 32.7 Å². The molecule has 1 N–H and O–H groups in total. The third-order valence-corrected chi connectivity index (χ3v) is 4.93. The predicted octanol–water partition coefficient (Wildman–Crippen LogP) is 1.40. The summed E-state index contributed by atoms with van der Waals surface area (Å²) in [5, 5.41) is 3.53. The van der Waals surface area contributed by atoms with E-state index in [0.717, 1.165) is 11.8 Å². The van der Waals surface area contributed by atoms with Crippen LogP contribution >= 0.6 is 0 Å². The van der Waals surface area contributed by atoms with Crippen molar-refractivity contribution in [1.82, 2.24) is 15.1 Å². The molecule has 2 aliphatic heterocycles. The van der Waals surface area contributed by atoms with E-state index in [-0.39, 0.29) is 0 Å². The van der Waals surface area contributed by atoms with Crippen LogP contribution < -0.4 is 5.32 Å². The van der Waals surface area contributed by atoms with Crippen LogP contribution in [0.15, 0.2) is 0 Å². The molecule has 1 unspecified atom stereocenters. The Bertz CT molecular complexity index is 238. The summed E-state index contributed by atoms with van der Waals surface area (Å²) in [5.74, 6) is 2.01. The van der Waals surface area contributed by atoms with E-state index in [1.807, 2.05) is 0 Å². The van der Waals surface area contributed by atoms with Crippen LogP contribution in [0, 0.1) is 11.8 Å². The minimum Gasteiger partial charge on any atom is -0.316 e. The molecule has 0 bridgehead atoms. The maximum Gasteiger partial charge on any atom is 0.0110 e. The Morgan fingerprint density at radius 2 is 1.67 bits per heavy atom. The first-order chi connectivity index (χ1) is 8.90. The average molecular weight is 251 g/mol. The van der Waals surface area contributed by atoms with Crippen molar-refractivity contribution in [3.8, 4) is 0 Å². The van der Waals surface area contributed by atoms with E-state index >= 15 is 0 Å². The lowest BCUT2D eigenvalue weighted by Crippen LogP contribution is -2.47. The maximum atomic E-state index is 3.53. The number of nitrogens with zero attached hydrogens (tertiary/aromatic N) is 2. The topological polar surface area (TPSA) is 18.5 Å². The lowest BCUT2D eigenvalue weighted by molar-refractivity contribution is 0.121. The van der Waals surface area contributed by atoms with Crippen LogP contribution in [0.25, 0.3) is 0 Å². The fraction of sp³-hybridized carbons (Fsp3) is 1.00. The molecule has 1 atom stereocenters. The third-order valence-electron chi connectivity index (χ3n) is 4.93. The van der Waals surface area contributed by atoms with Crippen molar-refractivity contribution in [3.63, 3.8) is 0 Å². The first kappa shape index (κ1) is 12.9. The molecule has 0 spiro atoms. The monoisotopic (exact) mass is 251 g/mol. The van der Waals surface area contributed by atoms with E-state index in [1.54, 1.807) is 0 Å². The van der Waals surface area contributed by atoms with Gasteiger partial charge in [-0.2, -0.15) is 0 Å². The van der Waals surface area contributed by atoms with Gasteiger partial charge in [0.1, 0.15) is 0 Å². The van der Waals surface area contributed by atoms with Crippen molar-refractivity contribution < 1.29 is 0 Å². The van der Waals surface area contributed by atoms with Crippen LogP contribution in [-0.2, 0) is 0 Å². The summed E-state index contributed by atoms with van der Waals surface area (Å²) in [7, 11) is 0. The van der Waals surface area contributed by atoms with Gasteiger partial charge in [-0.25, -0.2) is 0 Å². The van der Waals surface area contributed by atoms with Crippen LogP contribution in [0.2, 0.25) is 0 Å². The Balaban J connectivity index is 1.29. The normalized spacial score (nSPS) is 31.7. The van der Waals surface area contributed by atoms with Gasteiger partial charge in [0.05, 0.1) is 0 Å². The first-order valence-corrected chi connectivity index (χ1v) is 8.05. The van der Waals surface area contributed by atoms with Crippen LogP contribution in [0.4, 0.5) is 0 Å². The van der Waals surface area contributed by atoms with Crippen molar-refractivity contribution in [1.29, 1.82) is 0 Å². The van der Waals surface area contributed by atoms with Crippen molar-refractivity contribution in [2.45, 2.75) is 32.1 Å². The molecule has 2 heterocycles. The molecule has 0 aromatic rings. The Morgan fingerprint density at radius 1 is 0.889 bits per heavy atom. The maximum absolute atomic E-state index is 3.53. The van der Waals surface area contributed by atoms with E-state index < -0.39 is 0 Å². The molecule has 0 radical (unpaired) electrons. The van der Waals surface area contributed by atoms with Crippen LogP contribution in [-0.4, -0.2) is 62.2 Å². The molecule has 3 fully saturated rings. The minimum absolute atomic E-state index is 0.947. The number of hydrogen-bond acceptors (Lipinski definition) is 3. The first-order valence-electron chi connectivity index (χ1n) is 8.05. The fourth-order valence-corrected chi connectivity index (χ4v) is 3.40. The molecular weight excluding hydrogens is 222 g/mol. The summed E-state index contributed by atoms with van der Waals surface area (Å²) in [6, 6.07) is 0. The molecule has 18 heavy (non-hydrogen) atoms. The predicted molar refractivity (Wildman–Crippen MR) is 75.8 cm³/mol. The molecule has 3 nitrogen and oxygen atoms in total. The number of hydrogen-bond donors (Lipinski definition) is 1. The second-order valence-corrected chi connectivity index (χ2v) is 6.59. The standard InChI is InChI=1S/C15H29N3/c1-2-14(12-16-6-1)5-7-17-8-10-18(11-9-17)13-15-3-4-15/h14-16H,1-13H2. The third kappa shape index (κ3) is 3.94. The van der Waals surface area contributed by atoms with Crippen LogP contribution in [0.3, 0.4) is 0 Å². The van der Waals surface area contributed by atoms with Gasteiger partial charge in [-0.05, 0) is 63.6 Å². The average Bonchev–Trinajstić information content (AvgIpc) is 3.23. The van der Waals surface area contributed by atoms with E-state index in [1.165, 1.54) is 84.5 Å². The molecule has 0 aromatic carbocycles. The van der Waals surface area contributed by atoms with Crippen molar-refractivity contribution in [3.05, 3.63) is 0 Å². The second-order valence-electron chi connectivity index (χ2n) is 6.59. The SMILES string of the molecule is C1CNCC(CCN2CCN(CC3CC3)CC2)C1. The van der Waals surface area contributed by atoms with Gasteiger partial charge < -0.3 is 15.1 Å². The van der Waals surface area contributed by atoms with Crippen LogP contribution in [0.5, 0.6) is 0 Å². The molecule has 1 aliphatic carbocycles. The van der Waals surface area contributed by atoms with Gasteiger partial charge in [0.25, 0.3) is 0 Å². The zero-order valence-electron chi connectivity index (χ0n) is 11.7. The molecule has 104 valence electrons. The summed E-state index contributed by atoms with van der Waals surface area (Å²) >= 11 is 0. The highest BCUT2D eigenvalue weighted by molar-refractivity contribution is 4.81. The molecule has 1 saturated carbocycles. The molecule has 3 aliphatic rings. The second kappa shape index (κ2) is 6.36. The number of piperazine rings is 1. The van der Waals surface area contributed by atoms with Gasteiger partial charge in [-0.1, -0.05) is 0 Å². The van der Waals surface area contributed by atoms with E-state index in [0.29, 0.717) is 0 Å². The summed E-state index contributed by atoms with van der Waals surface area (Å²) in [6.07, 6.45) is 7.24. The Labute approximate surface area is 112 Å². The quantitative estimate of drug-likeness (QED) is 0.797. The largest absolute Gasteiger partial charge is 0.316 e. The van der Waals surface area contributed by atoms with Gasteiger partial charge in [-0.3, -0.25) is 0 Å². The molecule has 3 heteroatoms. The Kier molecular flexibility index (Phi) is 4.55. The van der Waals surface area contributed by atoms with E-state index in [9.17, 15) is 0 Å². The highest BCUT2D eigenvalue weighted by Crippen LogP contribution is 2.29. The van der Waals surface area contributed by atoms with Gasteiger partial charge >= 0.3 is 0 Å². The summed E-state index contributed by atoms with van der Waals surface area (Å²) in [4.78, 5) is 5.38. The lowest BCUT2D eigenvalue weighted by Gasteiger charge is -2.35. The molecule has 0 aromatic heterocycles. The molecule has 3 rings (SSSR count). The van der Waals surface area contributed by atoms with Gasteiger partial charge in [0.2, 0.25) is 0 Å². The minimum atomic E-state index is 0.947. The highest BCUT2D eigenvalue weighted by Gasteiger charge is 2.26. The number of nitrogens with one attached hydrogen (secondary N) is 1. The zero-order chi connectivity index (χ0) is 12.2. The van der Waals surface area contributed by atoms with Crippen molar-refractivity contribution in [2.24, 2.45) is 11.8 Å². The van der Waals surface area contributed by atoms with E-state index in [2.05, 4.69) is 15.1 Å². The highest BCUT2D eigenvalue weighted by atomic mass is 15.3.